The van der Waals surface area contributed by atoms with Crippen molar-refractivity contribution in [3.05, 3.63) is 24.3 Å². The first kappa shape index (κ1) is 11.7. The van der Waals surface area contributed by atoms with Crippen molar-refractivity contribution < 1.29 is 0 Å². The molecule has 0 aliphatic rings. The molecule has 1 aromatic carbocycles. The van der Waals surface area contributed by atoms with Gasteiger partial charge in [-0.05, 0) is 25.1 Å². The maximum Gasteiger partial charge on any atom is 0.243 e. The number of hydrogen-bond donors (Lipinski definition) is 2. The third kappa shape index (κ3) is 3.35. The first-order valence-electron chi connectivity index (χ1n) is 5.94. The number of hydrogen-bond acceptors (Lipinski definition) is 5. The number of fused-ring (bicyclic) bond motifs is 1. The van der Waals surface area contributed by atoms with Gasteiger partial charge in [0.15, 0.2) is 0 Å². The van der Waals surface area contributed by atoms with Crippen LogP contribution in [0.1, 0.15) is 13.3 Å². The molecule has 0 aliphatic carbocycles. The van der Waals surface area contributed by atoms with E-state index in [2.05, 4.69) is 32.7 Å². The average molecular weight is 231 g/mol. The molecular formula is C12H17N5. The van der Waals surface area contributed by atoms with Crippen LogP contribution in [0.25, 0.3) is 11.0 Å². The van der Waals surface area contributed by atoms with Gasteiger partial charge in [-0.2, -0.15) is 0 Å². The van der Waals surface area contributed by atoms with E-state index < -0.39 is 0 Å². The predicted octanol–water partition coefficient (Wildman–Crippen LogP) is 1.44. The van der Waals surface area contributed by atoms with Crippen molar-refractivity contribution in [1.82, 2.24) is 20.5 Å². The standard InChI is InChI=1S/C12H17N5/c1-2-7-13-8-9-14-12-15-10-5-3-4-6-11(10)16-17-12/h3-6,13H,2,7-9H2,1H3,(H,14,15,17). The Morgan fingerprint density at radius 2 is 1.82 bits per heavy atom. The third-order valence-corrected chi connectivity index (χ3v) is 2.37. The Bertz CT molecular complexity index is 471. The van der Waals surface area contributed by atoms with E-state index >= 15 is 0 Å². The van der Waals surface area contributed by atoms with Crippen molar-refractivity contribution in [2.45, 2.75) is 13.3 Å². The lowest BCUT2D eigenvalue weighted by Crippen LogP contribution is -2.23. The smallest absolute Gasteiger partial charge is 0.243 e. The number of nitrogens with zero attached hydrogens (tertiary/aromatic N) is 3. The van der Waals surface area contributed by atoms with Crippen molar-refractivity contribution in [1.29, 1.82) is 0 Å². The van der Waals surface area contributed by atoms with Crippen LogP contribution in [0.4, 0.5) is 5.95 Å². The molecule has 1 aromatic heterocycles. The van der Waals surface area contributed by atoms with Crippen molar-refractivity contribution in [2.75, 3.05) is 25.0 Å². The van der Waals surface area contributed by atoms with Crippen LogP contribution in [0.2, 0.25) is 0 Å². The van der Waals surface area contributed by atoms with Crippen LogP contribution in [0, 0.1) is 0 Å². The zero-order chi connectivity index (χ0) is 11.9. The molecule has 0 fully saturated rings. The van der Waals surface area contributed by atoms with Gasteiger partial charge >= 0.3 is 0 Å². The lowest BCUT2D eigenvalue weighted by Gasteiger charge is -2.05. The summed E-state index contributed by atoms with van der Waals surface area (Å²) >= 11 is 0. The molecule has 17 heavy (non-hydrogen) atoms. The maximum absolute atomic E-state index is 4.38. The summed E-state index contributed by atoms with van der Waals surface area (Å²) in [6.07, 6.45) is 1.15. The molecule has 0 aliphatic heterocycles. The Labute approximate surface area is 101 Å². The quantitative estimate of drug-likeness (QED) is 0.736. The van der Waals surface area contributed by atoms with Crippen LogP contribution in [-0.4, -0.2) is 34.8 Å². The molecule has 0 amide bonds. The Morgan fingerprint density at radius 3 is 2.65 bits per heavy atom. The van der Waals surface area contributed by atoms with Crippen LogP contribution in [0.15, 0.2) is 24.3 Å². The highest BCUT2D eigenvalue weighted by atomic mass is 15.2. The van der Waals surface area contributed by atoms with E-state index in [1.165, 1.54) is 0 Å². The van der Waals surface area contributed by atoms with Crippen molar-refractivity contribution in [2.24, 2.45) is 0 Å². The molecular weight excluding hydrogens is 214 g/mol. The lowest BCUT2D eigenvalue weighted by atomic mass is 10.3. The minimum Gasteiger partial charge on any atom is -0.352 e. The van der Waals surface area contributed by atoms with Gasteiger partial charge in [0.05, 0.1) is 5.52 Å². The highest BCUT2D eigenvalue weighted by molar-refractivity contribution is 5.73. The van der Waals surface area contributed by atoms with Gasteiger partial charge in [0.25, 0.3) is 0 Å². The molecule has 90 valence electrons. The SMILES string of the molecule is CCCNCCNc1nnc2ccccc2n1. The van der Waals surface area contributed by atoms with E-state index in [0.717, 1.165) is 37.1 Å². The number of benzene rings is 1. The van der Waals surface area contributed by atoms with E-state index in [4.69, 9.17) is 0 Å². The minimum absolute atomic E-state index is 0.585. The van der Waals surface area contributed by atoms with Gasteiger partial charge in [0.2, 0.25) is 5.95 Å². The van der Waals surface area contributed by atoms with Crippen molar-refractivity contribution in [3.8, 4) is 0 Å². The maximum atomic E-state index is 4.38. The van der Waals surface area contributed by atoms with E-state index in [1.54, 1.807) is 0 Å². The zero-order valence-electron chi connectivity index (χ0n) is 9.98. The minimum atomic E-state index is 0.585. The summed E-state index contributed by atoms with van der Waals surface area (Å²) in [5, 5.41) is 14.6. The van der Waals surface area contributed by atoms with Crippen LogP contribution in [0.3, 0.4) is 0 Å². The molecule has 5 nitrogen and oxygen atoms in total. The Hall–Kier alpha value is -1.75. The van der Waals surface area contributed by atoms with E-state index in [9.17, 15) is 0 Å². The fourth-order valence-electron chi connectivity index (χ4n) is 1.52. The Kier molecular flexibility index (Phi) is 4.21. The molecule has 0 radical (unpaired) electrons. The summed E-state index contributed by atoms with van der Waals surface area (Å²) in [4.78, 5) is 4.38. The van der Waals surface area contributed by atoms with Crippen LogP contribution < -0.4 is 10.6 Å². The monoisotopic (exact) mass is 231 g/mol. The first-order valence-corrected chi connectivity index (χ1v) is 5.94. The van der Waals surface area contributed by atoms with Gasteiger partial charge in [-0.3, -0.25) is 0 Å². The van der Waals surface area contributed by atoms with Crippen LogP contribution in [-0.2, 0) is 0 Å². The van der Waals surface area contributed by atoms with Crippen molar-refractivity contribution >= 4 is 17.0 Å². The molecule has 0 atom stereocenters. The second-order valence-electron chi connectivity index (χ2n) is 3.80. The molecule has 2 N–H and O–H groups in total. The number of aromatic nitrogens is 3. The van der Waals surface area contributed by atoms with E-state index in [1.807, 2.05) is 24.3 Å². The van der Waals surface area contributed by atoms with Crippen LogP contribution in [0.5, 0.6) is 0 Å². The molecule has 0 bridgehead atoms. The van der Waals surface area contributed by atoms with Gasteiger partial charge in [0.1, 0.15) is 5.52 Å². The molecule has 1 heterocycles. The third-order valence-electron chi connectivity index (χ3n) is 2.37. The summed E-state index contributed by atoms with van der Waals surface area (Å²) in [6.45, 7) is 4.90. The Morgan fingerprint density at radius 1 is 1.00 bits per heavy atom. The first-order chi connectivity index (χ1) is 8.40. The Balaban J connectivity index is 1.90. The summed E-state index contributed by atoms with van der Waals surface area (Å²) in [5.74, 6) is 0.585. The molecule has 0 saturated heterocycles. The number of rotatable bonds is 6. The lowest BCUT2D eigenvalue weighted by molar-refractivity contribution is 0.686. The highest BCUT2D eigenvalue weighted by Crippen LogP contribution is 2.08. The normalized spacial score (nSPS) is 10.6. The zero-order valence-corrected chi connectivity index (χ0v) is 9.98. The van der Waals surface area contributed by atoms with Gasteiger partial charge in [0, 0.05) is 13.1 Å². The van der Waals surface area contributed by atoms with Gasteiger partial charge in [-0.25, -0.2) is 4.98 Å². The number of para-hydroxylation sites is 1. The average Bonchev–Trinajstić information content (AvgIpc) is 2.38. The molecule has 2 aromatic rings. The topological polar surface area (TPSA) is 62.7 Å². The summed E-state index contributed by atoms with van der Waals surface area (Å²) in [5.41, 5.74) is 1.69. The summed E-state index contributed by atoms with van der Waals surface area (Å²) < 4.78 is 0. The second-order valence-corrected chi connectivity index (χ2v) is 3.80. The van der Waals surface area contributed by atoms with Crippen molar-refractivity contribution in [3.63, 3.8) is 0 Å². The molecule has 0 saturated carbocycles. The summed E-state index contributed by atoms with van der Waals surface area (Å²) in [6, 6.07) is 7.72. The predicted molar refractivity (Wildman–Crippen MR) is 69.0 cm³/mol. The van der Waals surface area contributed by atoms with Gasteiger partial charge in [-0.15, -0.1) is 10.2 Å². The fraction of sp³-hybridized carbons (Fsp3) is 0.417. The molecule has 5 heteroatoms. The summed E-state index contributed by atoms with van der Waals surface area (Å²) in [7, 11) is 0. The molecule has 2 rings (SSSR count). The van der Waals surface area contributed by atoms with E-state index in [-0.39, 0.29) is 0 Å². The number of nitrogens with one attached hydrogen (secondary N) is 2. The van der Waals surface area contributed by atoms with Gasteiger partial charge < -0.3 is 10.6 Å². The van der Waals surface area contributed by atoms with E-state index in [0.29, 0.717) is 5.95 Å². The number of anilines is 1. The largest absolute Gasteiger partial charge is 0.352 e. The fourth-order valence-corrected chi connectivity index (χ4v) is 1.52. The second kappa shape index (κ2) is 6.10. The van der Waals surface area contributed by atoms with Crippen LogP contribution >= 0.6 is 0 Å². The molecule has 0 unspecified atom stereocenters. The molecule has 0 spiro atoms. The highest BCUT2D eigenvalue weighted by Gasteiger charge is 1.99. The van der Waals surface area contributed by atoms with Gasteiger partial charge in [-0.1, -0.05) is 19.1 Å².